The highest BCUT2D eigenvalue weighted by Crippen LogP contribution is 2.33. The Morgan fingerprint density at radius 2 is 1.77 bits per heavy atom. The molecule has 0 amide bonds. The first-order valence-electron chi connectivity index (χ1n) is 7.13. The first-order chi connectivity index (χ1) is 10.6. The van der Waals surface area contributed by atoms with E-state index in [1.165, 1.54) is 0 Å². The van der Waals surface area contributed by atoms with Crippen molar-refractivity contribution in [3.8, 4) is 16.9 Å². The van der Waals surface area contributed by atoms with Crippen LogP contribution >= 0.6 is 0 Å². The Morgan fingerprint density at radius 3 is 2.36 bits per heavy atom. The van der Waals surface area contributed by atoms with Crippen molar-refractivity contribution in [2.24, 2.45) is 0 Å². The minimum atomic E-state index is 0.330. The summed E-state index contributed by atoms with van der Waals surface area (Å²) in [7, 11) is 0. The Bertz CT molecular complexity index is 756. The smallest absolute Gasteiger partial charge is 0.229 e. The van der Waals surface area contributed by atoms with Gasteiger partial charge in [-0.15, -0.1) is 0 Å². The van der Waals surface area contributed by atoms with Crippen molar-refractivity contribution in [1.82, 2.24) is 5.16 Å². The van der Waals surface area contributed by atoms with Gasteiger partial charge in [-0.2, -0.15) is 0 Å². The molecule has 0 aliphatic carbocycles. The van der Waals surface area contributed by atoms with Gasteiger partial charge in [0.25, 0.3) is 0 Å². The lowest BCUT2D eigenvalue weighted by atomic mass is 10.0. The molecule has 0 radical (unpaired) electrons. The van der Waals surface area contributed by atoms with Gasteiger partial charge in [0.05, 0.1) is 11.8 Å². The molecule has 1 aromatic heterocycles. The molecular weight excluding hydrogens is 276 g/mol. The van der Waals surface area contributed by atoms with Crippen LogP contribution in [0.4, 0.5) is 5.88 Å². The zero-order chi connectivity index (χ0) is 15.5. The largest absolute Gasteiger partial charge is 0.488 e. The third-order valence-electron chi connectivity index (χ3n) is 3.60. The SMILES string of the molecule is Cc1cc(-c2cnoc2N)cc(C)c1OCc1ccccc1. The van der Waals surface area contributed by atoms with Crippen LogP contribution in [0.5, 0.6) is 5.75 Å². The molecule has 0 atom stereocenters. The van der Waals surface area contributed by atoms with Gasteiger partial charge in [0.15, 0.2) is 0 Å². The highest BCUT2D eigenvalue weighted by Gasteiger charge is 2.12. The van der Waals surface area contributed by atoms with Gasteiger partial charge >= 0.3 is 0 Å². The number of anilines is 1. The number of aromatic nitrogens is 1. The molecule has 3 rings (SSSR count). The molecule has 1 heterocycles. The second-order valence-electron chi connectivity index (χ2n) is 5.32. The second kappa shape index (κ2) is 5.93. The van der Waals surface area contributed by atoms with Gasteiger partial charge in [0.2, 0.25) is 5.88 Å². The maximum Gasteiger partial charge on any atom is 0.229 e. The Labute approximate surface area is 129 Å². The summed E-state index contributed by atoms with van der Waals surface area (Å²) in [5.74, 6) is 1.24. The lowest BCUT2D eigenvalue weighted by Gasteiger charge is -2.14. The van der Waals surface area contributed by atoms with Crippen LogP contribution in [-0.4, -0.2) is 5.16 Å². The van der Waals surface area contributed by atoms with Crippen LogP contribution in [0.2, 0.25) is 0 Å². The number of nitrogens with zero attached hydrogens (tertiary/aromatic N) is 1. The molecule has 0 saturated heterocycles. The monoisotopic (exact) mass is 294 g/mol. The van der Waals surface area contributed by atoms with Crippen molar-refractivity contribution < 1.29 is 9.26 Å². The van der Waals surface area contributed by atoms with Gasteiger partial charge in [0.1, 0.15) is 12.4 Å². The molecule has 0 saturated carbocycles. The van der Waals surface area contributed by atoms with Gasteiger partial charge in [-0.25, -0.2) is 0 Å². The number of hydrogen-bond donors (Lipinski definition) is 1. The van der Waals surface area contributed by atoms with Crippen molar-refractivity contribution >= 4 is 5.88 Å². The minimum absolute atomic E-state index is 0.330. The summed E-state index contributed by atoms with van der Waals surface area (Å²) in [6, 6.07) is 14.2. The van der Waals surface area contributed by atoms with Gasteiger partial charge in [-0.05, 0) is 48.2 Å². The summed E-state index contributed by atoms with van der Waals surface area (Å²) in [6.45, 7) is 4.61. The van der Waals surface area contributed by atoms with E-state index in [4.69, 9.17) is 15.0 Å². The molecule has 0 aliphatic rings. The first kappa shape index (κ1) is 14.2. The quantitative estimate of drug-likeness (QED) is 0.786. The molecule has 0 bridgehead atoms. The summed E-state index contributed by atoms with van der Waals surface area (Å²) in [6.07, 6.45) is 1.63. The molecule has 0 fully saturated rings. The number of rotatable bonds is 4. The predicted molar refractivity (Wildman–Crippen MR) is 86.6 cm³/mol. The summed E-state index contributed by atoms with van der Waals surface area (Å²) < 4.78 is 10.9. The fourth-order valence-corrected chi connectivity index (χ4v) is 2.53. The number of aryl methyl sites for hydroxylation is 2. The van der Waals surface area contributed by atoms with Crippen LogP contribution in [0.1, 0.15) is 16.7 Å². The van der Waals surface area contributed by atoms with Crippen LogP contribution in [0, 0.1) is 13.8 Å². The molecule has 0 aliphatic heterocycles. The van der Waals surface area contributed by atoms with E-state index in [9.17, 15) is 0 Å². The number of nitrogen functional groups attached to an aromatic ring is 1. The van der Waals surface area contributed by atoms with Gasteiger partial charge in [-0.1, -0.05) is 35.5 Å². The molecule has 4 heteroatoms. The van der Waals surface area contributed by atoms with Crippen molar-refractivity contribution in [3.05, 3.63) is 65.4 Å². The Balaban J connectivity index is 1.86. The molecule has 3 aromatic rings. The fraction of sp³-hybridized carbons (Fsp3) is 0.167. The normalized spacial score (nSPS) is 10.6. The molecule has 22 heavy (non-hydrogen) atoms. The van der Waals surface area contributed by atoms with E-state index in [0.29, 0.717) is 12.5 Å². The maximum absolute atomic E-state index is 5.99. The average Bonchev–Trinajstić information content (AvgIpc) is 2.93. The summed E-state index contributed by atoms with van der Waals surface area (Å²) in [5, 5.41) is 3.72. The van der Waals surface area contributed by atoms with E-state index in [2.05, 4.69) is 17.3 Å². The Morgan fingerprint density at radius 1 is 1.09 bits per heavy atom. The zero-order valence-corrected chi connectivity index (χ0v) is 12.7. The maximum atomic E-state index is 5.99. The second-order valence-corrected chi connectivity index (χ2v) is 5.32. The topological polar surface area (TPSA) is 61.3 Å². The molecule has 2 aromatic carbocycles. The van der Waals surface area contributed by atoms with Gasteiger partial charge < -0.3 is 15.0 Å². The van der Waals surface area contributed by atoms with Crippen LogP contribution in [0.3, 0.4) is 0 Å². The van der Waals surface area contributed by atoms with Crippen LogP contribution in [0.15, 0.2) is 53.2 Å². The Hall–Kier alpha value is -2.75. The van der Waals surface area contributed by atoms with Crippen molar-refractivity contribution in [2.75, 3.05) is 5.73 Å². The predicted octanol–water partition coefficient (Wildman–Crippen LogP) is 4.12. The highest BCUT2D eigenvalue weighted by molar-refractivity contribution is 5.74. The number of nitrogens with two attached hydrogens (primary N) is 1. The van der Waals surface area contributed by atoms with E-state index in [-0.39, 0.29) is 0 Å². The van der Waals surface area contributed by atoms with Crippen molar-refractivity contribution in [2.45, 2.75) is 20.5 Å². The van der Waals surface area contributed by atoms with E-state index < -0.39 is 0 Å². The van der Waals surface area contributed by atoms with E-state index in [1.807, 2.05) is 44.2 Å². The molecule has 0 unspecified atom stereocenters. The average molecular weight is 294 g/mol. The van der Waals surface area contributed by atoms with E-state index in [1.54, 1.807) is 6.20 Å². The summed E-state index contributed by atoms with van der Waals surface area (Å²) >= 11 is 0. The molecule has 4 nitrogen and oxygen atoms in total. The summed E-state index contributed by atoms with van der Waals surface area (Å²) in [4.78, 5) is 0. The van der Waals surface area contributed by atoms with Crippen molar-refractivity contribution in [1.29, 1.82) is 0 Å². The fourth-order valence-electron chi connectivity index (χ4n) is 2.53. The third kappa shape index (κ3) is 2.81. The summed E-state index contributed by atoms with van der Waals surface area (Å²) in [5.41, 5.74) is 10.8. The van der Waals surface area contributed by atoms with Gasteiger partial charge in [0, 0.05) is 0 Å². The lowest BCUT2D eigenvalue weighted by molar-refractivity contribution is 0.302. The van der Waals surface area contributed by atoms with E-state index >= 15 is 0 Å². The molecule has 0 spiro atoms. The standard InChI is InChI=1S/C18H18N2O2/c1-12-8-15(16-10-20-22-18(16)19)9-13(2)17(12)21-11-14-6-4-3-5-7-14/h3-10H,11,19H2,1-2H3. The third-order valence-corrected chi connectivity index (χ3v) is 3.60. The van der Waals surface area contributed by atoms with E-state index in [0.717, 1.165) is 33.6 Å². The first-order valence-corrected chi connectivity index (χ1v) is 7.13. The Kier molecular flexibility index (Phi) is 3.83. The van der Waals surface area contributed by atoms with Crippen LogP contribution < -0.4 is 10.5 Å². The minimum Gasteiger partial charge on any atom is -0.488 e. The highest BCUT2D eigenvalue weighted by atomic mass is 16.5. The number of ether oxygens (including phenoxy) is 1. The van der Waals surface area contributed by atoms with Crippen LogP contribution in [0.25, 0.3) is 11.1 Å². The zero-order valence-electron chi connectivity index (χ0n) is 12.7. The molecule has 2 N–H and O–H groups in total. The number of hydrogen-bond acceptors (Lipinski definition) is 4. The van der Waals surface area contributed by atoms with Gasteiger partial charge in [-0.3, -0.25) is 0 Å². The molecule has 112 valence electrons. The number of benzene rings is 2. The molecular formula is C18H18N2O2. The van der Waals surface area contributed by atoms with Crippen molar-refractivity contribution in [3.63, 3.8) is 0 Å². The lowest BCUT2D eigenvalue weighted by Crippen LogP contribution is -1.99. The van der Waals surface area contributed by atoms with Crippen LogP contribution in [-0.2, 0) is 6.61 Å².